The van der Waals surface area contributed by atoms with E-state index in [2.05, 4.69) is 18.5 Å². The van der Waals surface area contributed by atoms with Gasteiger partial charge < -0.3 is 4.74 Å². The fourth-order valence-corrected chi connectivity index (χ4v) is 0.720. The third kappa shape index (κ3) is 2.74. The highest BCUT2D eigenvalue weighted by atomic mass is 16.5. The summed E-state index contributed by atoms with van der Waals surface area (Å²) in [6, 6.07) is 3.74. The first-order chi connectivity index (χ1) is 5.83. The number of rotatable bonds is 4. The average molecular weight is 163 g/mol. The molecular formula is C10H13NO. The minimum absolute atomic E-state index is 0.586. The Bertz CT molecular complexity index is 243. The van der Waals surface area contributed by atoms with E-state index in [0.717, 1.165) is 17.7 Å². The Kier molecular flexibility index (Phi) is 3.33. The van der Waals surface area contributed by atoms with Gasteiger partial charge in [-0.3, -0.25) is 4.98 Å². The summed E-state index contributed by atoms with van der Waals surface area (Å²) in [5, 5.41) is 0. The molecule has 0 aliphatic heterocycles. The van der Waals surface area contributed by atoms with Gasteiger partial charge in [0, 0.05) is 6.20 Å². The molecule has 0 amide bonds. The van der Waals surface area contributed by atoms with Crippen LogP contribution >= 0.6 is 0 Å². The smallest absolute Gasteiger partial charge is 0.138 e. The van der Waals surface area contributed by atoms with Crippen LogP contribution in [0.3, 0.4) is 0 Å². The number of nitrogens with zero attached hydrogens (tertiary/aromatic N) is 1. The van der Waals surface area contributed by atoms with Gasteiger partial charge in [0.15, 0.2) is 0 Å². The zero-order valence-corrected chi connectivity index (χ0v) is 7.29. The number of hydrogen-bond donors (Lipinski definition) is 0. The highest BCUT2D eigenvalue weighted by molar-refractivity contribution is 5.16. The van der Waals surface area contributed by atoms with Crippen LogP contribution in [0.25, 0.3) is 0 Å². The Labute approximate surface area is 72.9 Å². The normalized spacial score (nSPS) is 9.42. The number of aromatic nitrogens is 1. The molecule has 12 heavy (non-hydrogen) atoms. The van der Waals surface area contributed by atoms with Crippen molar-refractivity contribution in [3.05, 3.63) is 36.7 Å². The van der Waals surface area contributed by atoms with Crippen LogP contribution < -0.4 is 4.74 Å². The molecule has 0 atom stereocenters. The van der Waals surface area contributed by atoms with Crippen molar-refractivity contribution in [3.63, 3.8) is 0 Å². The van der Waals surface area contributed by atoms with Crippen LogP contribution in [0, 0.1) is 0 Å². The van der Waals surface area contributed by atoms with E-state index in [4.69, 9.17) is 4.74 Å². The highest BCUT2D eigenvalue weighted by Gasteiger charge is 1.93. The first-order valence-electron chi connectivity index (χ1n) is 4.02. The summed E-state index contributed by atoms with van der Waals surface area (Å²) in [6.07, 6.45) is 4.38. The second-order valence-electron chi connectivity index (χ2n) is 2.58. The Morgan fingerprint density at radius 2 is 2.50 bits per heavy atom. The van der Waals surface area contributed by atoms with Crippen molar-refractivity contribution in [2.75, 3.05) is 6.61 Å². The van der Waals surface area contributed by atoms with Gasteiger partial charge in [0.05, 0.1) is 6.20 Å². The van der Waals surface area contributed by atoms with Gasteiger partial charge in [-0.05, 0) is 24.1 Å². The first kappa shape index (κ1) is 8.78. The molecule has 0 fully saturated rings. The molecule has 2 nitrogen and oxygen atoms in total. The predicted octanol–water partition coefficient (Wildman–Crippen LogP) is 2.43. The van der Waals surface area contributed by atoms with Crippen LogP contribution in [0.4, 0.5) is 0 Å². The molecule has 0 saturated heterocycles. The predicted molar refractivity (Wildman–Crippen MR) is 49.2 cm³/mol. The SMILES string of the molecule is C=C(CC)COc1cccnc1. The van der Waals surface area contributed by atoms with Gasteiger partial charge in [0.1, 0.15) is 12.4 Å². The summed E-state index contributed by atoms with van der Waals surface area (Å²) in [5.41, 5.74) is 1.10. The molecule has 0 saturated carbocycles. The minimum atomic E-state index is 0.586. The molecule has 2 heteroatoms. The molecule has 0 N–H and O–H groups in total. The summed E-state index contributed by atoms with van der Waals surface area (Å²) in [6.45, 7) is 6.49. The lowest BCUT2D eigenvalue weighted by Gasteiger charge is -2.05. The fraction of sp³-hybridized carbons (Fsp3) is 0.300. The summed E-state index contributed by atoms with van der Waals surface area (Å²) in [7, 11) is 0. The maximum atomic E-state index is 5.40. The fourth-order valence-electron chi connectivity index (χ4n) is 0.720. The van der Waals surface area contributed by atoms with Crippen molar-refractivity contribution in [3.8, 4) is 5.75 Å². The van der Waals surface area contributed by atoms with Crippen LogP contribution in [0.1, 0.15) is 13.3 Å². The molecular weight excluding hydrogens is 150 g/mol. The quantitative estimate of drug-likeness (QED) is 0.636. The molecule has 1 rings (SSSR count). The van der Waals surface area contributed by atoms with Gasteiger partial charge in [-0.2, -0.15) is 0 Å². The van der Waals surface area contributed by atoms with E-state index in [1.165, 1.54) is 0 Å². The Hall–Kier alpha value is -1.31. The number of ether oxygens (including phenoxy) is 1. The van der Waals surface area contributed by atoms with Crippen LogP contribution in [0.2, 0.25) is 0 Å². The Balaban J connectivity index is 2.38. The van der Waals surface area contributed by atoms with Crippen molar-refractivity contribution in [1.29, 1.82) is 0 Å². The molecule has 0 bridgehead atoms. The monoisotopic (exact) mass is 163 g/mol. The molecule has 0 unspecified atom stereocenters. The zero-order chi connectivity index (χ0) is 8.81. The molecule has 1 aromatic rings. The van der Waals surface area contributed by atoms with Crippen molar-refractivity contribution in [2.24, 2.45) is 0 Å². The molecule has 64 valence electrons. The molecule has 0 radical (unpaired) electrons. The molecule has 0 aromatic carbocycles. The molecule has 0 aliphatic carbocycles. The molecule has 0 aliphatic rings. The van der Waals surface area contributed by atoms with E-state index in [0.29, 0.717) is 6.61 Å². The highest BCUT2D eigenvalue weighted by Crippen LogP contribution is 2.08. The Morgan fingerprint density at radius 3 is 3.08 bits per heavy atom. The topological polar surface area (TPSA) is 22.1 Å². The van der Waals surface area contributed by atoms with Gasteiger partial charge in [0.25, 0.3) is 0 Å². The van der Waals surface area contributed by atoms with Gasteiger partial charge in [0.2, 0.25) is 0 Å². The number of pyridine rings is 1. The van der Waals surface area contributed by atoms with E-state index in [1.54, 1.807) is 12.4 Å². The Morgan fingerprint density at radius 1 is 1.67 bits per heavy atom. The zero-order valence-electron chi connectivity index (χ0n) is 7.29. The van der Waals surface area contributed by atoms with Crippen LogP contribution in [-0.4, -0.2) is 11.6 Å². The average Bonchev–Trinajstić information content (AvgIpc) is 2.16. The molecule has 0 spiro atoms. The van der Waals surface area contributed by atoms with E-state index < -0.39 is 0 Å². The third-order valence-electron chi connectivity index (χ3n) is 1.58. The van der Waals surface area contributed by atoms with E-state index in [9.17, 15) is 0 Å². The number of hydrogen-bond acceptors (Lipinski definition) is 2. The summed E-state index contributed by atoms with van der Waals surface area (Å²) in [4.78, 5) is 3.93. The lowest BCUT2D eigenvalue weighted by Crippen LogP contribution is -1.99. The second kappa shape index (κ2) is 4.54. The van der Waals surface area contributed by atoms with E-state index >= 15 is 0 Å². The van der Waals surface area contributed by atoms with Crippen molar-refractivity contribution in [2.45, 2.75) is 13.3 Å². The molecule has 1 heterocycles. The van der Waals surface area contributed by atoms with Crippen molar-refractivity contribution in [1.82, 2.24) is 4.98 Å². The van der Waals surface area contributed by atoms with Crippen LogP contribution in [0.5, 0.6) is 5.75 Å². The van der Waals surface area contributed by atoms with E-state index in [-0.39, 0.29) is 0 Å². The van der Waals surface area contributed by atoms with Crippen LogP contribution in [-0.2, 0) is 0 Å². The largest absolute Gasteiger partial charge is 0.488 e. The van der Waals surface area contributed by atoms with Gasteiger partial charge in [-0.1, -0.05) is 13.5 Å². The third-order valence-corrected chi connectivity index (χ3v) is 1.58. The minimum Gasteiger partial charge on any atom is -0.488 e. The van der Waals surface area contributed by atoms with Crippen molar-refractivity contribution < 1.29 is 4.74 Å². The van der Waals surface area contributed by atoms with Crippen LogP contribution in [0.15, 0.2) is 36.7 Å². The standard InChI is InChI=1S/C10H13NO/c1-3-9(2)8-12-10-5-4-6-11-7-10/h4-7H,2-3,8H2,1H3. The van der Waals surface area contributed by atoms with Gasteiger partial charge >= 0.3 is 0 Å². The first-order valence-corrected chi connectivity index (χ1v) is 4.02. The lowest BCUT2D eigenvalue weighted by molar-refractivity contribution is 0.347. The summed E-state index contributed by atoms with van der Waals surface area (Å²) in [5.74, 6) is 0.798. The lowest BCUT2D eigenvalue weighted by atomic mass is 10.2. The maximum absolute atomic E-state index is 5.40. The van der Waals surface area contributed by atoms with E-state index in [1.807, 2.05) is 12.1 Å². The van der Waals surface area contributed by atoms with Gasteiger partial charge in [-0.15, -0.1) is 0 Å². The summed E-state index contributed by atoms with van der Waals surface area (Å²) >= 11 is 0. The molecule has 1 aromatic heterocycles. The van der Waals surface area contributed by atoms with Crippen molar-refractivity contribution >= 4 is 0 Å². The second-order valence-corrected chi connectivity index (χ2v) is 2.58. The van der Waals surface area contributed by atoms with Gasteiger partial charge in [-0.25, -0.2) is 0 Å². The maximum Gasteiger partial charge on any atom is 0.138 e. The summed E-state index contributed by atoms with van der Waals surface area (Å²) < 4.78 is 5.40.